The van der Waals surface area contributed by atoms with E-state index in [0.29, 0.717) is 24.1 Å². The lowest BCUT2D eigenvalue weighted by Crippen LogP contribution is -2.37. The molecule has 0 saturated carbocycles. The largest absolute Gasteiger partial charge is 0.756 e. The topological polar surface area (TPSA) is 94.1 Å². The van der Waals surface area contributed by atoms with E-state index < -0.39 is 13.9 Å². The molecule has 1 unspecified atom stereocenters. The smallest absolute Gasteiger partial charge is 0.306 e. The summed E-state index contributed by atoms with van der Waals surface area (Å²) >= 11 is 0. The van der Waals surface area contributed by atoms with Gasteiger partial charge in [0.1, 0.15) is 19.3 Å². The summed E-state index contributed by atoms with van der Waals surface area (Å²) in [6, 6.07) is 0. The molecule has 9 heteroatoms. The van der Waals surface area contributed by atoms with Gasteiger partial charge in [-0.25, -0.2) is 0 Å². The van der Waals surface area contributed by atoms with Gasteiger partial charge in [0, 0.05) is 13.0 Å². The van der Waals surface area contributed by atoms with E-state index in [1.807, 2.05) is 21.1 Å². The zero-order valence-electron chi connectivity index (χ0n) is 34.3. The molecule has 0 N–H and O–H groups in total. The van der Waals surface area contributed by atoms with Gasteiger partial charge in [-0.2, -0.15) is 0 Å². The van der Waals surface area contributed by atoms with Crippen LogP contribution in [-0.4, -0.2) is 70.7 Å². The fourth-order valence-corrected chi connectivity index (χ4v) is 6.68. The van der Waals surface area contributed by atoms with Crippen molar-refractivity contribution in [2.24, 2.45) is 0 Å². The molecule has 304 valence electrons. The first-order chi connectivity index (χ1) is 24.6. The molecule has 0 heterocycles. The highest BCUT2D eigenvalue weighted by molar-refractivity contribution is 7.45. The van der Waals surface area contributed by atoms with Crippen molar-refractivity contribution in [3.8, 4) is 0 Å². The van der Waals surface area contributed by atoms with Gasteiger partial charge in [0.25, 0.3) is 7.82 Å². The minimum absolute atomic E-state index is 0.0280. The summed E-state index contributed by atoms with van der Waals surface area (Å²) in [5.74, 6) is -0.333. The number of esters is 1. The van der Waals surface area contributed by atoms with Crippen molar-refractivity contribution in [3.05, 3.63) is 12.2 Å². The fraction of sp³-hybridized carbons (Fsp3) is 0.929. The fourth-order valence-electron chi connectivity index (χ4n) is 5.95. The molecule has 0 radical (unpaired) electrons. The maximum atomic E-state index is 12.6. The molecule has 0 aliphatic rings. The van der Waals surface area contributed by atoms with E-state index in [4.69, 9.17) is 18.5 Å². The average Bonchev–Trinajstić information content (AvgIpc) is 3.08. The van der Waals surface area contributed by atoms with Crippen molar-refractivity contribution < 1.29 is 37.3 Å². The summed E-state index contributed by atoms with van der Waals surface area (Å²) in [7, 11) is 1.36. The lowest BCUT2D eigenvalue weighted by atomic mass is 10.0. The van der Waals surface area contributed by atoms with Gasteiger partial charge < -0.3 is 27.9 Å². The minimum Gasteiger partial charge on any atom is -0.756 e. The first-order valence-electron chi connectivity index (χ1n) is 21.4. The molecule has 0 saturated heterocycles. The Labute approximate surface area is 316 Å². The number of quaternary nitrogens is 1. The molecule has 0 aromatic heterocycles. The molecule has 0 aliphatic carbocycles. The Morgan fingerprint density at radius 2 is 1.02 bits per heavy atom. The molecular formula is C42H84NO7P. The quantitative estimate of drug-likeness (QED) is 0.0203. The van der Waals surface area contributed by atoms with Crippen LogP contribution in [0.4, 0.5) is 0 Å². The predicted molar refractivity (Wildman–Crippen MR) is 213 cm³/mol. The van der Waals surface area contributed by atoms with Crippen LogP contribution in [0.1, 0.15) is 194 Å². The number of allylic oxidation sites excluding steroid dienone is 2. The Bertz CT molecular complexity index is 833. The van der Waals surface area contributed by atoms with Crippen molar-refractivity contribution >= 4 is 13.8 Å². The molecule has 0 bridgehead atoms. The molecule has 0 aliphatic heterocycles. The van der Waals surface area contributed by atoms with Crippen LogP contribution in [0.2, 0.25) is 0 Å². The Hall–Kier alpha value is -0.760. The number of hydrogen-bond donors (Lipinski definition) is 0. The molecular weight excluding hydrogens is 661 g/mol. The zero-order chi connectivity index (χ0) is 37.7. The van der Waals surface area contributed by atoms with Crippen LogP contribution in [0.5, 0.6) is 0 Å². The van der Waals surface area contributed by atoms with Crippen LogP contribution in [0.15, 0.2) is 12.2 Å². The number of hydrogen-bond acceptors (Lipinski definition) is 7. The average molecular weight is 746 g/mol. The molecule has 0 aromatic carbocycles. The lowest BCUT2D eigenvalue weighted by Gasteiger charge is -2.28. The van der Waals surface area contributed by atoms with Crippen molar-refractivity contribution in [1.82, 2.24) is 0 Å². The highest BCUT2D eigenvalue weighted by Crippen LogP contribution is 2.38. The lowest BCUT2D eigenvalue weighted by molar-refractivity contribution is -0.870. The van der Waals surface area contributed by atoms with Gasteiger partial charge in [-0.1, -0.05) is 161 Å². The zero-order valence-corrected chi connectivity index (χ0v) is 35.2. The standard InChI is InChI=1S/C42H84NO7P/c1-6-8-10-12-14-16-18-20-22-23-25-27-29-31-33-35-42(44)50-41(40-49-51(45,46)48-38-36-43(3,4)5)39-47-37-34-32-30-28-26-24-21-19-17-15-13-11-9-7-2/h17,19,41H,6-16,18,20-40H2,1-5H3/b19-17-/t41-/m1/s1. The summed E-state index contributed by atoms with van der Waals surface area (Å²) in [5, 5.41) is 0. The summed E-state index contributed by atoms with van der Waals surface area (Å²) in [6.07, 6.45) is 37.8. The second-order valence-electron chi connectivity index (χ2n) is 15.7. The monoisotopic (exact) mass is 746 g/mol. The Kier molecular flexibility index (Phi) is 35.7. The third-order valence-electron chi connectivity index (χ3n) is 9.32. The maximum absolute atomic E-state index is 12.6. The van der Waals surface area contributed by atoms with E-state index in [-0.39, 0.29) is 25.8 Å². The predicted octanol–water partition coefficient (Wildman–Crippen LogP) is 11.6. The van der Waals surface area contributed by atoms with Gasteiger partial charge in [-0.05, 0) is 38.5 Å². The number of carbonyl (C=O) groups excluding carboxylic acids is 1. The third kappa shape index (κ3) is 40.3. The number of ether oxygens (including phenoxy) is 2. The van der Waals surface area contributed by atoms with Gasteiger partial charge in [-0.15, -0.1) is 0 Å². The summed E-state index contributed by atoms with van der Waals surface area (Å²) in [6.45, 7) is 5.41. The van der Waals surface area contributed by atoms with E-state index in [2.05, 4.69) is 26.0 Å². The van der Waals surface area contributed by atoms with Crippen LogP contribution in [0.3, 0.4) is 0 Å². The maximum Gasteiger partial charge on any atom is 0.306 e. The minimum atomic E-state index is -4.52. The second-order valence-corrected chi connectivity index (χ2v) is 17.1. The summed E-state index contributed by atoms with van der Waals surface area (Å²) in [5.41, 5.74) is 0. The number of unbranched alkanes of at least 4 members (excludes halogenated alkanes) is 24. The number of phosphoric acid groups is 1. The van der Waals surface area contributed by atoms with Gasteiger partial charge in [-0.3, -0.25) is 9.36 Å². The van der Waals surface area contributed by atoms with Crippen molar-refractivity contribution in [3.63, 3.8) is 0 Å². The number of likely N-dealkylation sites (N-methyl/N-ethyl adjacent to an activating group) is 1. The number of rotatable bonds is 40. The Morgan fingerprint density at radius 3 is 1.51 bits per heavy atom. The number of nitrogens with zero attached hydrogens (tertiary/aromatic N) is 1. The van der Waals surface area contributed by atoms with Crippen LogP contribution < -0.4 is 4.89 Å². The van der Waals surface area contributed by atoms with Gasteiger partial charge in [0.05, 0.1) is 34.4 Å². The summed E-state index contributed by atoms with van der Waals surface area (Å²) < 4.78 is 34.5. The van der Waals surface area contributed by atoms with Gasteiger partial charge in [0.15, 0.2) is 0 Å². The Balaban J connectivity index is 4.23. The second kappa shape index (κ2) is 36.2. The number of phosphoric ester groups is 1. The van der Waals surface area contributed by atoms with Gasteiger partial charge >= 0.3 is 5.97 Å². The van der Waals surface area contributed by atoms with E-state index in [1.165, 1.54) is 141 Å². The Morgan fingerprint density at radius 1 is 0.588 bits per heavy atom. The van der Waals surface area contributed by atoms with Crippen molar-refractivity contribution in [2.75, 3.05) is 54.1 Å². The molecule has 2 atom stereocenters. The SMILES string of the molecule is CCCCCC/C=C\CCCCCCCCOC[C@H](COP(=O)([O-])OCC[N+](C)(C)C)OC(=O)CCCCCCCCCCCCCCCCC. The number of carbonyl (C=O) groups is 1. The third-order valence-corrected chi connectivity index (χ3v) is 10.3. The molecule has 0 fully saturated rings. The first kappa shape index (κ1) is 50.2. The molecule has 8 nitrogen and oxygen atoms in total. The summed E-state index contributed by atoms with van der Waals surface area (Å²) in [4.78, 5) is 25.0. The molecule has 0 rings (SSSR count). The highest BCUT2D eigenvalue weighted by atomic mass is 31.2. The van der Waals surface area contributed by atoms with Crippen LogP contribution >= 0.6 is 7.82 Å². The van der Waals surface area contributed by atoms with Crippen LogP contribution in [-0.2, 0) is 27.9 Å². The molecule has 0 aromatic rings. The van der Waals surface area contributed by atoms with Crippen LogP contribution in [0.25, 0.3) is 0 Å². The van der Waals surface area contributed by atoms with Crippen molar-refractivity contribution in [2.45, 2.75) is 200 Å². The van der Waals surface area contributed by atoms with Gasteiger partial charge in [0.2, 0.25) is 0 Å². The van der Waals surface area contributed by atoms with Crippen LogP contribution in [0, 0.1) is 0 Å². The van der Waals surface area contributed by atoms with E-state index in [1.54, 1.807) is 0 Å². The van der Waals surface area contributed by atoms with E-state index in [9.17, 15) is 14.3 Å². The van der Waals surface area contributed by atoms with E-state index in [0.717, 1.165) is 32.1 Å². The first-order valence-corrected chi connectivity index (χ1v) is 22.9. The highest BCUT2D eigenvalue weighted by Gasteiger charge is 2.20. The van der Waals surface area contributed by atoms with E-state index >= 15 is 0 Å². The van der Waals surface area contributed by atoms with Crippen molar-refractivity contribution in [1.29, 1.82) is 0 Å². The normalized spacial score (nSPS) is 13.9. The molecule has 51 heavy (non-hydrogen) atoms. The molecule has 0 spiro atoms. The molecule has 0 amide bonds.